The highest BCUT2D eigenvalue weighted by atomic mass is 35.5. The summed E-state index contributed by atoms with van der Waals surface area (Å²) >= 11 is 6.38. The molecule has 1 aliphatic rings. The SMILES string of the molecule is Cc1ccc([C@H](Nc2c(Nc3c(Cl)ccc4c3CNC4)c(=O)c2=O)C(C)C)o1. The molecular formula is C21H22ClN3O3. The molecule has 0 spiro atoms. The average molecular weight is 400 g/mol. The molecule has 4 rings (SSSR count). The van der Waals surface area contributed by atoms with Crippen LogP contribution in [0, 0.1) is 12.8 Å². The molecule has 2 heterocycles. The highest BCUT2D eigenvalue weighted by Crippen LogP contribution is 2.36. The summed E-state index contributed by atoms with van der Waals surface area (Å²) in [6, 6.07) is 7.32. The first-order valence-electron chi connectivity index (χ1n) is 9.31. The first-order chi connectivity index (χ1) is 13.4. The maximum absolute atomic E-state index is 12.3. The fourth-order valence-corrected chi connectivity index (χ4v) is 3.83. The quantitative estimate of drug-likeness (QED) is 0.543. The smallest absolute Gasteiger partial charge is 0.253 e. The number of furan rings is 1. The van der Waals surface area contributed by atoms with Crippen molar-refractivity contribution in [2.45, 2.75) is 39.9 Å². The van der Waals surface area contributed by atoms with Crippen LogP contribution in [0.5, 0.6) is 0 Å². The first-order valence-corrected chi connectivity index (χ1v) is 9.68. The van der Waals surface area contributed by atoms with E-state index in [9.17, 15) is 9.59 Å². The molecule has 1 aromatic heterocycles. The monoisotopic (exact) mass is 399 g/mol. The predicted molar refractivity (Wildman–Crippen MR) is 111 cm³/mol. The van der Waals surface area contributed by atoms with Gasteiger partial charge in [-0.25, -0.2) is 0 Å². The zero-order valence-corrected chi connectivity index (χ0v) is 16.7. The predicted octanol–water partition coefficient (Wildman–Crippen LogP) is 3.99. The van der Waals surface area contributed by atoms with Crippen molar-refractivity contribution in [2.24, 2.45) is 5.92 Å². The molecule has 146 valence electrons. The van der Waals surface area contributed by atoms with Gasteiger partial charge in [0.1, 0.15) is 22.9 Å². The number of aryl methyl sites for hydroxylation is 1. The highest BCUT2D eigenvalue weighted by Gasteiger charge is 2.28. The first kappa shape index (κ1) is 18.8. The Labute approximate surface area is 167 Å². The summed E-state index contributed by atoms with van der Waals surface area (Å²) in [7, 11) is 0. The van der Waals surface area contributed by atoms with Gasteiger partial charge in [0, 0.05) is 13.1 Å². The van der Waals surface area contributed by atoms with Crippen molar-refractivity contribution in [1.82, 2.24) is 5.32 Å². The molecule has 3 N–H and O–H groups in total. The minimum atomic E-state index is -0.541. The standard InChI is InChI=1S/C21H22ClN3O3/c1-10(2)16(15-7-4-11(3)28-15)24-18-19(21(27)20(18)26)25-17-13-9-23-8-12(13)5-6-14(17)22/h4-7,10,16,23-25H,8-9H2,1-3H3/t16-/m1/s1. The number of fused-ring (bicyclic) bond motifs is 1. The number of hydrogen-bond donors (Lipinski definition) is 3. The van der Waals surface area contributed by atoms with Gasteiger partial charge in [-0.2, -0.15) is 0 Å². The Kier molecular flexibility index (Phi) is 4.77. The second kappa shape index (κ2) is 7.11. The zero-order chi connectivity index (χ0) is 20.0. The highest BCUT2D eigenvalue weighted by molar-refractivity contribution is 6.33. The fourth-order valence-electron chi connectivity index (χ4n) is 3.60. The Morgan fingerprint density at radius 2 is 1.79 bits per heavy atom. The Morgan fingerprint density at radius 3 is 2.46 bits per heavy atom. The van der Waals surface area contributed by atoms with Crippen molar-refractivity contribution in [3.8, 4) is 0 Å². The van der Waals surface area contributed by atoms with E-state index in [0.29, 0.717) is 17.3 Å². The minimum absolute atomic E-state index is 0.150. The largest absolute Gasteiger partial charge is 0.464 e. The van der Waals surface area contributed by atoms with Crippen molar-refractivity contribution in [3.05, 3.63) is 72.4 Å². The van der Waals surface area contributed by atoms with E-state index in [1.807, 2.05) is 39.0 Å². The summed E-state index contributed by atoms with van der Waals surface area (Å²) in [5.41, 5.74) is 2.28. The van der Waals surface area contributed by atoms with Gasteiger partial charge in [-0.15, -0.1) is 0 Å². The molecule has 1 aliphatic heterocycles. The second-order valence-electron chi connectivity index (χ2n) is 7.51. The summed E-state index contributed by atoms with van der Waals surface area (Å²) in [5, 5.41) is 10.1. The van der Waals surface area contributed by atoms with Crippen molar-refractivity contribution in [3.63, 3.8) is 0 Å². The molecule has 0 saturated heterocycles. The summed E-state index contributed by atoms with van der Waals surface area (Å²) in [6.45, 7) is 7.35. The van der Waals surface area contributed by atoms with Crippen LogP contribution in [0.4, 0.5) is 17.1 Å². The van der Waals surface area contributed by atoms with E-state index in [2.05, 4.69) is 16.0 Å². The lowest BCUT2D eigenvalue weighted by atomic mass is 10.00. The number of anilines is 3. The topological polar surface area (TPSA) is 83.4 Å². The maximum Gasteiger partial charge on any atom is 0.253 e. The molecule has 3 aromatic rings. The Bertz CT molecular complexity index is 1110. The number of hydrogen-bond acceptors (Lipinski definition) is 6. The van der Waals surface area contributed by atoms with Gasteiger partial charge in [0.05, 0.1) is 16.8 Å². The van der Waals surface area contributed by atoms with Gasteiger partial charge >= 0.3 is 0 Å². The normalized spacial score (nSPS) is 14.5. The molecule has 0 bridgehead atoms. The molecule has 7 heteroatoms. The van der Waals surface area contributed by atoms with Crippen LogP contribution in [0.25, 0.3) is 0 Å². The number of halogens is 1. The number of benzene rings is 1. The van der Waals surface area contributed by atoms with E-state index >= 15 is 0 Å². The second-order valence-corrected chi connectivity index (χ2v) is 7.92. The zero-order valence-electron chi connectivity index (χ0n) is 16.0. The van der Waals surface area contributed by atoms with Crippen molar-refractivity contribution in [2.75, 3.05) is 10.6 Å². The van der Waals surface area contributed by atoms with Crippen LogP contribution in [-0.4, -0.2) is 0 Å². The molecule has 0 saturated carbocycles. The maximum atomic E-state index is 12.3. The van der Waals surface area contributed by atoms with Crippen LogP contribution in [0.2, 0.25) is 5.02 Å². The molecule has 0 fully saturated rings. The molecule has 0 aliphatic carbocycles. The molecular weight excluding hydrogens is 378 g/mol. The molecule has 0 radical (unpaired) electrons. The fraction of sp³-hybridized carbons (Fsp3) is 0.333. The van der Waals surface area contributed by atoms with E-state index in [0.717, 1.165) is 29.2 Å². The number of rotatable bonds is 6. The van der Waals surface area contributed by atoms with Gasteiger partial charge in [0.2, 0.25) is 0 Å². The lowest BCUT2D eigenvalue weighted by Crippen LogP contribution is -2.38. The third-order valence-electron chi connectivity index (χ3n) is 5.17. The molecule has 0 unspecified atom stereocenters. The summed E-state index contributed by atoms with van der Waals surface area (Å²) < 4.78 is 5.74. The average Bonchev–Trinajstić information content (AvgIpc) is 3.30. The van der Waals surface area contributed by atoms with Crippen molar-refractivity contribution >= 4 is 28.7 Å². The minimum Gasteiger partial charge on any atom is -0.464 e. The van der Waals surface area contributed by atoms with Gasteiger partial charge in [-0.3, -0.25) is 9.59 Å². The van der Waals surface area contributed by atoms with Crippen LogP contribution < -0.4 is 26.8 Å². The Hall–Kier alpha value is -2.57. The molecule has 0 amide bonds. The molecule has 2 aromatic carbocycles. The van der Waals surface area contributed by atoms with Crippen LogP contribution in [0.3, 0.4) is 0 Å². The van der Waals surface area contributed by atoms with Crippen LogP contribution in [0.1, 0.15) is 42.5 Å². The van der Waals surface area contributed by atoms with Crippen LogP contribution >= 0.6 is 11.6 Å². The van der Waals surface area contributed by atoms with Gasteiger partial charge in [0.15, 0.2) is 0 Å². The summed E-state index contributed by atoms with van der Waals surface area (Å²) in [4.78, 5) is 24.6. The van der Waals surface area contributed by atoms with E-state index < -0.39 is 10.9 Å². The van der Waals surface area contributed by atoms with Crippen LogP contribution in [-0.2, 0) is 13.1 Å². The summed E-state index contributed by atoms with van der Waals surface area (Å²) in [6.07, 6.45) is 0. The van der Waals surface area contributed by atoms with Gasteiger partial charge < -0.3 is 20.4 Å². The molecule has 1 atom stereocenters. The third kappa shape index (κ3) is 3.12. The van der Waals surface area contributed by atoms with Gasteiger partial charge in [-0.1, -0.05) is 31.5 Å². The van der Waals surface area contributed by atoms with Crippen molar-refractivity contribution in [1.29, 1.82) is 0 Å². The Morgan fingerprint density at radius 1 is 1.04 bits per heavy atom. The van der Waals surface area contributed by atoms with E-state index in [4.69, 9.17) is 16.0 Å². The van der Waals surface area contributed by atoms with E-state index in [1.165, 1.54) is 0 Å². The lowest BCUT2D eigenvalue weighted by molar-refractivity contribution is 0.408. The van der Waals surface area contributed by atoms with E-state index in [1.54, 1.807) is 6.07 Å². The van der Waals surface area contributed by atoms with Crippen molar-refractivity contribution < 1.29 is 4.42 Å². The van der Waals surface area contributed by atoms with Crippen LogP contribution in [0.15, 0.2) is 38.3 Å². The molecule has 6 nitrogen and oxygen atoms in total. The van der Waals surface area contributed by atoms with Gasteiger partial charge in [-0.05, 0) is 42.2 Å². The third-order valence-corrected chi connectivity index (χ3v) is 5.49. The van der Waals surface area contributed by atoms with Gasteiger partial charge in [0.25, 0.3) is 10.9 Å². The molecule has 28 heavy (non-hydrogen) atoms. The number of nitrogens with one attached hydrogen (secondary N) is 3. The lowest BCUT2D eigenvalue weighted by Gasteiger charge is -2.24. The Balaban J connectivity index is 1.67. The van der Waals surface area contributed by atoms with E-state index in [-0.39, 0.29) is 23.3 Å². The summed E-state index contributed by atoms with van der Waals surface area (Å²) in [5.74, 6) is 1.68.